The molecule has 3 aromatic heterocycles. The first-order valence-electron chi connectivity index (χ1n) is 10.3. The Balaban J connectivity index is 1.53. The minimum absolute atomic E-state index is 0.216. The minimum atomic E-state index is -0.971. The highest BCUT2D eigenvalue weighted by Crippen LogP contribution is 2.28. The van der Waals surface area contributed by atoms with Gasteiger partial charge in [0.05, 0.1) is 16.9 Å². The lowest BCUT2D eigenvalue weighted by Gasteiger charge is -2.23. The fourth-order valence-electron chi connectivity index (χ4n) is 4.03. The first kappa shape index (κ1) is 19.0. The minimum Gasteiger partial charge on any atom is -0.478 e. The van der Waals surface area contributed by atoms with Gasteiger partial charge in [0.1, 0.15) is 11.6 Å². The van der Waals surface area contributed by atoms with E-state index in [9.17, 15) is 9.90 Å². The maximum Gasteiger partial charge on any atom is 0.335 e. The summed E-state index contributed by atoms with van der Waals surface area (Å²) in [5, 5.41) is 17.3. The summed E-state index contributed by atoms with van der Waals surface area (Å²) in [6, 6.07) is 15.1. The van der Waals surface area contributed by atoms with E-state index in [2.05, 4.69) is 27.2 Å². The third kappa shape index (κ3) is 3.68. The van der Waals surface area contributed by atoms with Crippen molar-refractivity contribution in [1.29, 1.82) is 0 Å². The smallest absolute Gasteiger partial charge is 0.335 e. The van der Waals surface area contributed by atoms with Crippen LogP contribution in [0.15, 0.2) is 60.9 Å². The Hall–Kier alpha value is -3.94. The topological polar surface area (TPSA) is 95.7 Å². The van der Waals surface area contributed by atoms with Crippen LogP contribution in [0.4, 0.5) is 17.3 Å². The molecule has 1 saturated heterocycles. The molecule has 156 valence electrons. The van der Waals surface area contributed by atoms with Gasteiger partial charge in [-0.15, -0.1) is 0 Å². The van der Waals surface area contributed by atoms with Gasteiger partial charge in [-0.25, -0.2) is 19.3 Å². The SMILES string of the molecule is C[C@@H]1CCCN1c1cccc(Nc2cc(-c3cccc(C(=O)O)c3)nn3ccnc23)n1. The molecule has 0 spiro atoms. The molecule has 0 saturated carbocycles. The van der Waals surface area contributed by atoms with Gasteiger partial charge in [-0.05, 0) is 50.1 Å². The van der Waals surface area contributed by atoms with Crippen molar-refractivity contribution >= 4 is 28.9 Å². The summed E-state index contributed by atoms with van der Waals surface area (Å²) in [6.07, 6.45) is 5.80. The highest BCUT2D eigenvalue weighted by molar-refractivity contribution is 5.89. The lowest BCUT2D eigenvalue weighted by atomic mass is 10.1. The van der Waals surface area contributed by atoms with Crippen LogP contribution in [0.5, 0.6) is 0 Å². The molecule has 8 heteroatoms. The number of fused-ring (bicyclic) bond motifs is 1. The van der Waals surface area contributed by atoms with E-state index in [1.165, 1.54) is 12.8 Å². The number of nitrogens with one attached hydrogen (secondary N) is 1. The summed E-state index contributed by atoms with van der Waals surface area (Å²) in [4.78, 5) is 22.9. The average Bonchev–Trinajstić information content (AvgIpc) is 3.43. The number of carboxylic acid groups (broad SMARTS) is 1. The highest BCUT2D eigenvalue weighted by atomic mass is 16.4. The zero-order valence-electron chi connectivity index (χ0n) is 17.1. The second-order valence-electron chi connectivity index (χ2n) is 7.72. The normalized spacial score (nSPS) is 16.0. The van der Waals surface area contributed by atoms with E-state index in [0.29, 0.717) is 22.9 Å². The molecule has 1 fully saturated rings. The molecule has 1 aliphatic rings. The molecular formula is C23H22N6O2. The summed E-state index contributed by atoms with van der Waals surface area (Å²) in [6.45, 7) is 3.24. The van der Waals surface area contributed by atoms with Crippen LogP contribution in [0.1, 0.15) is 30.1 Å². The van der Waals surface area contributed by atoms with Gasteiger partial charge >= 0.3 is 5.97 Å². The van der Waals surface area contributed by atoms with Crippen LogP contribution in [0.3, 0.4) is 0 Å². The third-order valence-electron chi connectivity index (χ3n) is 5.61. The Morgan fingerprint density at radius 2 is 2.06 bits per heavy atom. The zero-order chi connectivity index (χ0) is 21.4. The Labute approximate surface area is 179 Å². The Morgan fingerprint density at radius 1 is 1.19 bits per heavy atom. The van der Waals surface area contributed by atoms with Crippen molar-refractivity contribution in [3.63, 3.8) is 0 Å². The van der Waals surface area contributed by atoms with Crippen molar-refractivity contribution in [3.8, 4) is 11.3 Å². The van der Waals surface area contributed by atoms with Crippen LogP contribution in [0, 0.1) is 0 Å². The van der Waals surface area contributed by atoms with E-state index >= 15 is 0 Å². The number of benzene rings is 1. The van der Waals surface area contributed by atoms with Crippen molar-refractivity contribution in [2.45, 2.75) is 25.8 Å². The van der Waals surface area contributed by atoms with Crippen LogP contribution < -0.4 is 10.2 Å². The first-order valence-corrected chi connectivity index (χ1v) is 10.3. The van der Waals surface area contributed by atoms with Gasteiger partial charge in [0.25, 0.3) is 0 Å². The molecule has 0 aliphatic carbocycles. The van der Waals surface area contributed by atoms with Gasteiger partial charge < -0.3 is 15.3 Å². The maximum atomic E-state index is 11.4. The highest BCUT2D eigenvalue weighted by Gasteiger charge is 2.21. The Kier molecular flexibility index (Phi) is 4.74. The summed E-state index contributed by atoms with van der Waals surface area (Å²) < 4.78 is 1.68. The largest absolute Gasteiger partial charge is 0.478 e. The molecule has 0 unspecified atom stereocenters. The van der Waals surface area contributed by atoms with Crippen LogP contribution in [-0.4, -0.2) is 43.2 Å². The molecule has 1 aromatic carbocycles. The average molecular weight is 414 g/mol. The number of aromatic carboxylic acids is 1. The van der Waals surface area contributed by atoms with E-state index in [1.54, 1.807) is 35.1 Å². The Bertz CT molecular complexity index is 1270. The van der Waals surface area contributed by atoms with E-state index in [1.807, 2.05) is 30.3 Å². The van der Waals surface area contributed by atoms with Gasteiger partial charge in [0, 0.05) is 30.5 Å². The van der Waals surface area contributed by atoms with Crippen LogP contribution in [0.2, 0.25) is 0 Å². The van der Waals surface area contributed by atoms with Crippen molar-refractivity contribution in [2.24, 2.45) is 0 Å². The van der Waals surface area contributed by atoms with Gasteiger partial charge in [0.2, 0.25) is 0 Å². The second kappa shape index (κ2) is 7.71. The van der Waals surface area contributed by atoms with E-state index < -0.39 is 5.97 Å². The molecule has 0 amide bonds. The van der Waals surface area contributed by atoms with Crippen molar-refractivity contribution in [2.75, 3.05) is 16.8 Å². The van der Waals surface area contributed by atoms with Crippen LogP contribution in [0.25, 0.3) is 16.9 Å². The molecule has 0 bridgehead atoms. The fraction of sp³-hybridized carbons (Fsp3) is 0.217. The molecular weight excluding hydrogens is 392 g/mol. The molecule has 4 heterocycles. The number of aromatic nitrogens is 4. The van der Waals surface area contributed by atoms with Crippen LogP contribution in [-0.2, 0) is 0 Å². The monoisotopic (exact) mass is 414 g/mol. The standard InChI is InChI=1S/C23H22N6O2/c1-15-5-4-11-28(15)21-9-3-8-20(26-21)25-19-14-18(27-29-12-10-24-22(19)29)16-6-2-7-17(13-16)23(30)31/h2-3,6-10,12-15H,4-5,11H2,1H3,(H,25,26)(H,30,31)/t15-/m1/s1. The summed E-state index contributed by atoms with van der Waals surface area (Å²) in [5.74, 6) is 0.705. The molecule has 31 heavy (non-hydrogen) atoms. The number of carboxylic acids is 1. The van der Waals surface area contributed by atoms with E-state index in [-0.39, 0.29) is 5.56 Å². The lowest BCUT2D eigenvalue weighted by molar-refractivity contribution is 0.0697. The lowest BCUT2D eigenvalue weighted by Crippen LogP contribution is -2.27. The zero-order valence-corrected chi connectivity index (χ0v) is 17.1. The number of nitrogens with zero attached hydrogens (tertiary/aromatic N) is 5. The number of pyridine rings is 1. The number of anilines is 3. The Morgan fingerprint density at radius 3 is 2.87 bits per heavy atom. The number of hydrogen-bond donors (Lipinski definition) is 2. The van der Waals surface area contributed by atoms with Crippen molar-refractivity contribution in [3.05, 3.63) is 66.5 Å². The van der Waals surface area contributed by atoms with Crippen molar-refractivity contribution < 1.29 is 9.90 Å². The number of imidazole rings is 1. The molecule has 2 N–H and O–H groups in total. The maximum absolute atomic E-state index is 11.4. The fourth-order valence-corrected chi connectivity index (χ4v) is 4.03. The molecule has 8 nitrogen and oxygen atoms in total. The predicted octanol–water partition coefficient (Wildman–Crippen LogP) is 4.22. The predicted molar refractivity (Wildman–Crippen MR) is 119 cm³/mol. The van der Waals surface area contributed by atoms with Gasteiger partial charge in [-0.1, -0.05) is 18.2 Å². The first-order chi connectivity index (χ1) is 15.1. The van der Waals surface area contributed by atoms with Gasteiger partial charge in [-0.2, -0.15) is 5.10 Å². The molecule has 1 atom stereocenters. The number of rotatable bonds is 5. The summed E-state index contributed by atoms with van der Waals surface area (Å²) in [7, 11) is 0. The number of carbonyl (C=O) groups is 1. The van der Waals surface area contributed by atoms with E-state index in [4.69, 9.17) is 4.98 Å². The molecule has 1 aliphatic heterocycles. The molecule has 4 aromatic rings. The van der Waals surface area contributed by atoms with Gasteiger partial charge in [0.15, 0.2) is 5.65 Å². The van der Waals surface area contributed by atoms with Crippen LogP contribution >= 0.6 is 0 Å². The number of hydrogen-bond acceptors (Lipinski definition) is 6. The van der Waals surface area contributed by atoms with Gasteiger partial charge in [-0.3, -0.25) is 0 Å². The summed E-state index contributed by atoms with van der Waals surface area (Å²) in [5.41, 5.74) is 2.98. The summed E-state index contributed by atoms with van der Waals surface area (Å²) >= 11 is 0. The molecule has 0 radical (unpaired) electrons. The quantitative estimate of drug-likeness (QED) is 0.505. The van der Waals surface area contributed by atoms with E-state index in [0.717, 1.165) is 23.9 Å². The third-order valence-corrected chi connectivity index (χ3v) is 5.61. The van der Waals surface area contributed by atoms with Crippen molar-refractivity contribution in [1.82, 2.24) is 19.6 Å². The second-order valence-corrected chi connectivity index (χ2v) is 7.72. The molecule has 5 rings (SSSR count).